The Morgan fingerprint density at radius 2 is 1.75 bits per heavy atom. The van der Waals surface area contributed by atoms with E-state index in [2.05, 4.69) is 24.3 Å². The van der Waals surface area contributed by atoms with Crippen molar-refractivity contribution < 1.29 is 9.53 Å². The summed E-state index contributed by atoms with van der Waals surface area (Å²) in [7, 11) is 1.71. The summed E-state index contributed by atoms with van der Waals surface area (Å²) in [6.45, 7) is 0. The summed E-state index contributed by atoms with van der Waals surface area (Å²) in [5.41, 5.74) is 0.834. The van der Waals surface area contributed by atoms with Gasteiger partial charge in [-0.3, -0.25) is 4.79 Å². The van der Waals surface area contributed by atoms with Crippen molar-refractivity contribution >= 4 is 5.78 Å². The van der Waals surface area contributed by atoms with Crippen LogP contribution in [0.2, 0.25) is 0 Å². The van der Waals surface area contributed by atoms with E-state index in [1.165, 1.54) is 18.4 Å². The molecule has 1 fully saturated rings. The SMILES string of the molecule is COC1(C(=O)CCCc2ccccc2)CCCCCC1. The van der Waals surface area contributed by atoms with Crippen molar-refractivity contribution in [3.8, 4) is 0 Å². The van der Waals surface area contributed by atoms with Gasteiger partial charge in [-0.15, -0.1) is 0 Å². The summed E-state index contributed by atoms with van der Waals surface area (Å²) in [4.78, 5) is 12.6. The minimum atomic E-state index is -0.479. The van der Waals surface area contributed by atoms with Gasteiger partial charge in [0.2, 0.25) is 0 Å². The molecule has 110 valence electrons. The molecular weight excluding hydrogens is 248 g/mol. The summed E-state index contributed by atoms with van der Waals surface area (Å²) in [5, 5.41) is 0. The van der Waals surface area contributed by atoms with Crippen LogP contribution in [0.5, 0.6) is 0 Å². The van der Waals surface area contributed by atoms with Crippen LogP contribution in [0.1, 0.15) is 56.9 Å². The third-order valence-corrected chi connectivity index (χ3v) is 4.52. The first-order chi connectivity index (χ1) is 9.77. The second kappa shape index (κ2) is 7.58. The maximum Gasteiger partial charge on any atom is 0.164 e. The number of hydrogen-bond donors (Lipinski definition) is 0. The van der Waals surface area contributed by atoms with Crippen LogP contribution in [0.25, 0.3) is 0 Å². The number of Topliss-reactive ketones (excluding diaryl/α,β-unsaturated/α-hetero) is 1. The van der Waals surface area contributed by atoms with Crippen molar-refractivity contribution in [1.29, 1.82) is 0 Å². The zero-order chi connectivity index (χ0) is 14.3. The molecule has 0 unspecified atom stereocenters. The minimum absolute atomic E-state index is 0.317. The van der Waals surface area contributed by atoms with Crippen LogP contribution in [0.3, 0.4) is 0 Å². The third kappa shape index (κ3) is 3.92. The van der Waals surface area contributed by atoms with E-state index in [-0.39, 0.29) is 0 Å². The normalized spacial score (nSPS) is 18.4. The van der Waals surface area contributed by atoms with Crippen molar-refractivity contribution in [2.24, 2.45) is 0 Å². The molecule has 0 atom stereocenters. The predicted octanol–water partition coefficient (Wildman–Crippen LogP) is 4.32. The number of carbonyl (C=O) groups excluding carboxylic acids is 1. The number of rotatable bonds is 6. The summed E-state index contributed by atoms with van der Waals surface area (Å²) in [5.74, 6) is 0.317. The predicted molar refractivity (Wildman–Crippen MR) is 81.8 cm³/mol. The zero-order valence-corrected chi connectivity index (χ0v) is 12.6. The van der Waals surface area contributed by atoms with E-state index in [0.717, 1.165) is 38.5 Å². The fraction of sp³-hybridized carbons (Fsp3) is 0.611. The van der Waals surface area contributed by atoms with Gasteiger partial charge >= 0.3 is 0 Å². The van der Waals surface area contributed by atoms with Crippen LogP contribution >= 0.6 is 0 Å². The molecule has 0 N–H and O–H groups in total. The third-order valence-electron chi connectivity index (χ3n) is 4.52. The lowest BCUT2D eigenvalue weighted by Crippen LogP contribution is -2.40. The molecule has 0 aromatic heterocycles. The molecule has 0 bridgehead atoms. The molecular formula is C18H26O2. The van der Waals surface area contributed by atoms with E-state index in [4.69, 9.17) is 4.74 Å². The van der Waals surface area contributed by atoms with Gasteiger partial charge in [0.1, 0.15) is 5.60 Å². The molecule has 0 saturated heterocycles. The summed E-state index contributed by atoms with van der Waals surface area (Å²) < 4.78 is 5.67. The van der Waals surface area contributed by atoms with Crippen LogP contribution in [0, 0.1) is 0 Å². The van der Waals surface area contributed by atoms with Crippen LogP contribution < -0.4 is 0 Å². The van der Waals surface area contributed by atoms with Crippen molar-refractivity contribution in [2.75, 3.05) is 7.11 Å². The highest BCUT2D eigenvalue weighted by Gasteiger charge is 2.37. The van der Waals surface area contributed by atoms with Gasteiger partial charge in [-0.2, -0.15) is 0 Å². The average molecular weight is 274 g/mol. The Kier molecular flexibility index (Phi) is 5.78. The number of ketones is 1. The second-order valence-corrected chi connectivity index (χ2v) is 5.87. The molecule has 0 radical (unpaired) electrons. The molecule has 0 aliphatic heterocycles. The monoisotopic (exact) mass is 274 g/mol. The van der Waals surface area contributed by atoms with Crippen molar-refractivity contribution in [3.05, 3.63) is 35.9 Å². The smallest absolute Gasteiger partial charge is 0.164 e. The van der Waals surface area contributed by atoms with E-state index in [1.807, 2.05) is 6.07 Å². The van der Waals surface area contributed by atoms with Crippen LogP contribution in [-0.2, 0) is 16.0 Å². The largest absolute Gasteiger partial charge is 0.370 e. The number of ether oxygens (including phenoxy) is 1. The first-order valence-electron chi connectivity index (χ1n) is 7.89. The number of carbonyl (C=O) groups is 1. The Hall–Kier alpha value is -1.15. The lowest BCUT2D eigenvalue weighted by molar-refractivity contribution is -0.142. The number of benzene rings is 1. The Balaban J connectivity index is 1.86. The van der Waals surface area contributed by atoms with Crippen molar-refractivity contribution in [2.45, 2.75) is 63.4 Å². The van der Waals surface area contributed by atoms with E-state index in [9.17, 15) is 4.79 Å². The highest BCUT2D eigenvalue weighted by molar-refractivity contribution is 5.87. The van der Waals surface area contributed by atoms with Gasteiger partial charge in [-0.1, -0.05) is 56.0 Å². The van der Waals surface area contributed by atoms with E-state index in [0.29, 0.717) is 12.2 Å². The zero-order valence-electron chi connectivity index (χ0n) is 12.6. The molecule has 1 aromatic rings. The summed E-state index contributed by atoms with van der Waals surface area (Å²) in [6, 6.07) is 10.4. The molecule has 1 aliphatic carbocycles. The van der Waals surface area contributed by atoms with Gasteiger partial charge in [0.25, 0.3) is 0 Å². The van der Waals surface area contributed by atoms with E-state index < -0.39 is 5.60 Å². The van der Waals surface area contributed by atoms with E-state index in [1.54, 1.807) is 7.11 Å². The quantitative estimate of drug-likeness (QED) is 0.722. The molecule has 2 nitrogen and oxygen atoms in total. The fourth-order valence-electron chi connectivity index (χ4n) is 3.22. The molecule has 0 heterocycles. The summed E-state index contributed by atoms with van der Waals surface area (Å²) >= 11 is 0. The van der Waals surface area contributed by atoms with Gasteiger partial charge in [0.15, 0.2) is 5.78 Å². The topological polar surface area (TPSA) is 26.3 Å². The second-order valence-electron chi connectivity index (χ2n) is 5.87. The van der Waals surface area contributed by atoms with Crippen LogP contribution in [0.4, 0.5) is 0 Å². The maximum absolute atomic E-state index is 12.6. The Morgan fingerprint density at radius 3 is 2.35 bits per heavy atom. The fourth-order valence-corrected chi connectivity index (χ4v) is 3.22. The van der Waals surface area contributed by atoms with Crippen molar-refractivity contribution in [1.82, 2.24) is 0 Å². The lowest BCUT2D eigenvalue weighted by atomic mass is 9.86. The molecule has 1 aromatic carbocycles. The highest BCUT2D eigenvalue weighted by atomic mass is 16.5. The molecule has 1 saturated carbocycles. The molecule has 2 heteroatoms. The lowest BCUT2D eigenvalue weighted by Gasteiger charge is -2.29. The molecule has 0 spiro atoms. The van der Waals surface area contributed by atoms with Gasteiger partial charge in [0.05, 0.1) is 0 Å². The first kappa shape index (κ1) is 15.2. The van der Waals surface area contributed by atoms with Crippen LogP contribution in [-0.4, -0.2) is 18.5 Å². The van der Waals surface area contributed by atoms with Gasteiger partial charge in [-0.25, -0.2) is 0 Å². The standard InChI is InChI=1S/C18H26O2/c1-20-18(14-7-2-3-8-15-18)17(19)13-9-12-16-10-5-4-6-11-16/h4-6,10-11H,2-3,7-9,12-15H2,1H3. The number of methoxy groups -OCH3 is 1. The van der Waals surface area contributed by atoms with E-state index >= 15 is 0 Å². The Morgan fingerprint density at radius 1 is 1.10 bits per heavy atom. The van der Waals surface area contributed by atoms with Gasteiger partial charge in [0, 0.05) is 13.5 Å². The molecule has 0 amide bonds. The number of hydrogen-bond acceptors (Lipinski definition) is 2. The average Bonchev–Trinajstić information content (AvgIpc) is 2.74. The molecule has 2 rings (SSSR count). The molecule has 1 aliphatic rings. The summed E-state index contributed by atoms with van der Waals surface area (Å²) in [6.07, 6.45) is 9.09. The minimum Gasteiger partial charge on any atom is -0.370 e. The first-order valence-corrected chi connectivity index (χ1v) is 7.89. The maximum atomic E-state index is 12.6. The highest BCUT2D eigenvalue weighted by Crippen LogP contribution is 2.32. The number of aryl methyl sites for hydroxylation is 1. The Labute approximate surface area is 122 Å². The Bertz CT molecular complexity index is 403. The molecule has 20 heavy (non-hydrogen) atoms. The van der Waals surface area contributed by atoms with Gasteiger partial charge < -0.3 is 4.74 Å². The van der Waals surface area contributed by atoms with Gasteiger partial charge in [-0.05, 0) is 31.2 Å². The van der Waals surface area contributed by atoms with Crippen molar-refractivity contribution in [3.63, 3.8) is 0 Å². The van der Waals surface area contributed by atoms with Crippen LogP contribution in [0.15, 0.2) is 30.3 Å².